The fourth-order valence-corrected chi connectivity index (χ4v) is 3.52. The van der Waals surface area contributed by atoms with E-state index in [-0.39, 0.29) is 11.5 Å². The van der Waals surface area contributed by atoms with E-state index in [1.165, 1.54) is 24.3 Å². The molecule has 1 aromatic heterocycles. The van der Waals surface area contributed by atoms with Crippen LogP contribution in [0.5, 0.6) is 0 Å². The smallest absolute Gasteiger partial charge is 0.278 e. The van der Waals surface area contributed by atoms with Gasteiger partial charge in [-0.15, -0.1) is 17.9 Å². The molecule has 6 nitrogen and oxygen atoms in total. The number of thiazole rings is 1. The Labute approximate surface area is 160 Å². The first kappa shape index (κ1) is 18.5. The molecule has 0 atom stereocenters. The van der Waals surface area contributed by atoms with Gasteiger partial charge >= 0.3 is 0 Å². The first-order valence-corrected chi connectivity index (χ1v) is 9.08. The molecule has 0 amide bonds. The van der Waals surface area contributed by atoms with Crippen LogP contribution in [0.4, 0.5) is 16.5 Å². The fourth-order valence-electron chi connectivity index (χ4n) is 2.66. The lowest BCUT2D eigenvalue weighted by Gasteiger charge is -2.20. The molecule has 0 bridgehead atoms. The van der Waals surface area contributed by atoms with Crippen LogP contribution in [0.3, 0.4) is 0 Å². The van der Waals surface area contributed by atoms with Crippen molar-refractivity contribution in [3.63, 3.8) is 0 Å². The Hall–Kier alpha value is -3.32. The molecule has 0 fully saturated rings. The van der Waals surface area contributed by atoms with E-state index in [0.717, 1.165) is 5.69 Å². The van der Waals surface area contributed by atoms with Crippen molar-refractivity contribution in [1.29, 1.82) is 0 Å². The van der Waals surface area contributed by atoms with Crippen molar-refractivity contribution in [2.24, 2.45) is 0 Å². The zero-order valence-corrected chi connectivity index (χ0v) is 15.5. The lowest BCUT2D eigenvalue weighted by molar-refractivity contribution is -0.384. The summed E-state index contributed by atoms with van der Waals surface area (Å²) < 4.78 is 0. The molecule has 7 heteroatoms. The minimum absolute atomic E-state index is 0.00439. The maximum Gasteiger partial charge on any atom is 0.278 e. The van der Waals surface area contributed by atoms with Crippen LogP contribution >= 0.6 is 11.3 Å². The third-order valence-corrected chi connectivity index (χ3v) is 4.86. The number of anilines is 2. The van der Waals surface area contributed by atoms with Gasteiger partial charge in [0.15, 0.2) is 10.9 Å². The number of aromatic nitrogens is 1. The van der Waals surface area contributed by atoms with Crippen LogP contribution in [-0.2, 0) is 0 Å². The van der Waals surface area contributed by atoms with E-state index in [1.54, 1.807) is 41.8 Å². The highest BCUT2D eigenvalue weighted by Crippen LogP contribution is 2.35. The number of hydrogen-bond acceptors (Lipinski definition) is 6. The lowest BCUT2D eigenvalue weighted by atomic mass is 10.1. The molecule has 0 unspecified atom stereocenters. The third kappa shape index (κ3) is 3.93. The SMILES string of the molecule is C=CCN(c1ccc(C(C)=O)cc1)c1nc(-c2ccccc2[N+](=O)[O-])cs1. The molecule has 0 spiro atoms. The van der Waals surface area contributed by atoms with Gasteiger partial charge in [0.25, 0.3) is 5.69 Å². The van der Waals surface area contributed by atoms with Gasteiger partial charge in [-0.05, 0) is 37.3 Å². The van der Waals surface area contributed by atoms with Gasteiger partial charge in [-0.1, -0.05) is 18.2 Å². The molecule has 0 radical (unpaired) electrons. The van der Waals surface area contributed by atoms with Crippen LogP contribution in [0.15, 0.2) is 66.6 Å². The summed E-state index contributed by atoms with van der Waals surface area (Å²) in [7, 11) is 0. The first-order valence-electron chi connectivity index (χ1n) is 8.20. The van der Waals surface area contributed by atoms with E-state index >= 15 is 0 Å². The van der Waals surface area contributed by atoms with Crippen LogP contribution in [0, 0.1) is 10.1 Å². The van der Waals surface area contributed by atoms with Crippen LogP contribution in [-0.4, -0.2) is 22.2 Å². The quantitative estimate of drug-likeness (QED) is 0.243. The molecule has 0 saturated carbocycles. The molecular formula is C20H17N3O3S. The Morgan fingerprint density at radius 2 is 1.96 bits per heavy atom. The summed E-state index contributed by atoms with van der Waals surface area (Å²) in [6.45, 7) is 5.83. The van der Waals surface area contributed by atoms with E-state index < -0.39 is 4.92 Å². The molecule has 1 heterocycles. The number of para-hydroxylation sites is 1. The van der Waals surface area contributed by atoms with Gasteiger partial charge in [0.05, 0.1) is 16.2 Å². The summed E-state index contributed by atoms with van der Waals surface area (Å²) in [6, 6.07) is 13.8. The number of carbonyl (C=O) groups is 1. The van der Waals surface area contributed by atoms with Crippen molar-refractivity contribution < 1.29 is 9.72 Å². The molecule has 2 aromatic carbocycles. The standard InChI is InChI=1S/C20H17N3O3S/c1-3-12-22(16-10-8-15(9-11-16)14(2)24)20-21-18(13-27-20)17-6-4-5-7-19(17)23(25)26/h3-11,13H,1,12H2,2H3. The maximum absolute atomic E-state index is 11.5. The van der Waals surface area contributed by atoms with Gasteiger partial charge in [-0.25, -0.2) is 4.98 Å². The number of nitro groups is 1. The number of nitrogens with zero attached hydrogens (tertiary/aromatic N) is 3. The van der Waals surface area contributed by atoms with Gasteiger partial charge in [0, 0.05) is 29.2 Å². The molecule has 27 heavy (non-hydrogen) atoms. The van der Waals surface area contributed by atoms with Gasteiger partial charge in [-0.2, -0.15) is 0 Å². The molecule has 0 aliphatic heterocycles. The molecule has 0 saturated heterocycles. The van der Waals surface area contributed by atoms with Crippen LogP contribution in [0.25, 0.3) is 11.3 Å². The van der Waals surface area contributed by atoms with E-state index in [4.69, 9.17) is 0 Å². The van der Waals surface area contributed by atoms with Crippen molar-refractivity contribution in [2.75, 3.05) is 11.4 Å². The normalized spacial score (nSPS) is 10.4. The van der Waals surface area contributed by atoms with Crippen molar-refractivity contribution in [3.05, 3.63) is 82.2 Å². The first-order chi connectivity index (χ1) is 13.0. The van der Waals surface area contributed by atoms with Gasteiger partial charge < -0.3 is 4.90 Å². The van der Waals surface area contributed by atoms with Crippen LogP contribution in [0.2, 0.25) is 0 Å². The number of carbonyl (C=O) groups excluding carboxylic acids is 1. The molecule has 136 valence electrons. The average molecular weight is 379 g/mol. The highest BCUT2D eigenvalue weighted by molar-refractivity contribution is 7.14. The summed E-state index contributed by atoms with van der Waals surface area (Å²) in [5.41, 5.74) is 2.56. The van der Waals surface area contributed by atoms with E-state index in [1.807, 2.05) is 17.0 Å². The number of Topliss-reactive ketones (excluding diaryl/α,β-unsaturated/α-hetero) is 1. The highest BCUT2D eigenvalue weighted by Gasteiger charge is 2.19. The van der Waals surface area contributed by atoms with Crippen molar-refractivity contribution in [3.8, 4) is 11.3 Å². The number of nitro benzene ring substituents is 1. The predicted octanol–water partition coefficient (Wildman–Crippen LogP) is 5.25. The fraction of sp³-hybridized carbons (Fsp3) is 0.100. The number of ketones is 1. The third-order valence-electron chi connectivity index (χ3n) is 4.00. The molecule has 0 N–H and O–H groups in total. The van der Waals surface area contributed by atoms with Crippen LogP contribution < -0.4 is 4.90 Å². The molecule has 0 aliphatic carbocycles. The van der Waals surface area contributed by atoms with Crippen LogP contribution in [0.1, 0.15) is 17.3 Å². The summed E-state index contributed by atoms with van der Waals surface area (Å²) in [5, 5.41) is 13.8. The molecule has 3 aromatic rings. The van der Waals surface area contributed by atoms with E-state index in [0.29, 0.717) is 28.5 Å². The van der Waals surface area contributed by atoms with Crippen molar-refractivity contribution >= 4 is 33.6 Å². The lowest BCUT2D eigenvalue weighted by Crippen LogP contribution is -2.16. The van der Waals surface area contributed by atoms with E-state index in [9.17, 15) is 14.9 Å². The minimum atomic E-state index is -0.406. The Morgan fingerprint density at radius 3 is 2.59 bits per heavy atom. The Kier molecular flexibility index (Phi) is 5.42. The topological polar surface area (TPSA) is 76.3 Å². The maximum atomic E-state index is 11.5. The summed E-state index contributed by atoms with van der Waals surface area (Å²) in [6.07, 6.45) is 1.75. The average Bonchev–Trinajstić information content (AvgIpc) is 3.16. The highest BCUT2D eigenvalue weighted by atomic mass is 32.1. The van der Waals surface area contributed by atoms with Crippen molar-refractivity contribution in [2.45, 2.75) is 6.92 Å². The zero-order chi connectivity index (χ0) is 19.4. The zero-order valence-electron chi connectivity index (χ0n) is 14.7. The summed E-state index contributed by atoms with van der Waals surface area (Å²) >= 11 is 1.40. The summed E-state index contributed by atoms with van der Waals surface area (Å²) in [4.78, 5) is 28.9. The Morgan fingerprint density at radius 1 is 1.26 bits per heavy atom. The van der Waals surface area contributed by atoms with Gasteiger partial charge in [0.2, 0.25) is 0 Å². The number of benzene rings is 2. The second-order valence-electron chi connectivity index (χ2n) is 5.79. The Balaban J connectivity index is 1.98. The number of hydrogen-bond donors (Lipinski definition) is 0. The van der Waals surface area contributed by atoms with E-state index in [2.05, 4.69) is 11.6 Å². The second kappa shape index (κ2) is 7.92. The Bertz CT molecular complexity index is 996. The molecule has 0 aliphatic rings. The minimum Gasteiger partial charge on any atom is -0.314 e. The van der Waals surface area contributed by atoms with Crippen molar-refractivity contribution in [1.82, 2.24) is 4.98 Å². The summed E-state index contributed by atoms with van der Waals surface area (Å²) in [5.74, 6) is 0.00439. The van der Waals surface area contributed by atoms with Gasteiger partial charge in [0.1, 0.15) is 0 Å². The predicted molar refractivity (Wildman–Crippen MR) is 108 cm³/mol. The molecular weight excluding hydrogens is 362 g/mol. The van der Waals surface area contributed by atoms with Gasteiger partial charge in [-0.3, -0.25) is 14.9 Å². The molecule has 3 rings (SSSR count). The largest absolute Gasteiger partial charge is 0.314 e. The second-order valence-corrected chi connectivity index (χ2v) is 6.63. The number of rotatable bonds is 7. The monoisotopic (exact) mass is 379 g/mol.